The van der Waals surface area contributed by atoms with Crippen molar-refractivity contribution in [1.82, 2.24) is 19.9 Å². The molecule has 1 N–H and O–H groups in total. The molecule has 0 unspecified atom stereocenters. The number of pyridine rings is 1. The van der Waals surface area contributed by atoms with Gasteiger partial charge in [0.1, 0.15) is 17.5 Å². The summed E-state index contributed by atoms with van der Waals surface area (Å²) in [6, 6.07) is 16.2. The average Bonchev–Trinajstić information content (AvgIpc) is 3.53. The van der Waals surface area contributed by atoms with Crippen molar-refractivity contribution in [3.05, 3.63) is 71.8 Å². The molecule has 3 heterocycles. The molecule has 168 valence electrons. The molecule has 3 aromatic rings. The van der Waals surface area contributed by atoms with E-state index in [0.29, 0.717) is 17.7 Å². The topological polar surface area (TPSA) is 87.0 Å². The second kappa shape index (κ2) is 9.97. The van der Waals surface area contributed by atoms with E-state index in [9.17, 15) is 0 Å². The third kappa shape index (κ3) is 5.12. The first-order valence-electron chi connectivity index (χ1n) is 11.7. The van der Waals surface area contributed by atoms with E-state index < -0.39 is 0 Å². The van der Waals surface area contributed by atoms with E-state index in [0.717, 1.165) is 55.9 Å². The van der Waals surface area contributed by atoms with Crippen LogP contribution in [-0.2, 0) is 6.54 Å². The summed E-state index contributed by atoms with van der Waals surface area (Å²) < 4.78 is 6.37. The summed E-state index contributed by atoms with van der Waals surface area (Å²) in [5.41, 5.74) is 3.40. The summed E-state index contributed by atoms with van der Waals surface area (Å²) in [5, 5.41) is 12.1. The fourth-order valence-corrected chi connectivity index (χ4v) is 4.79. The predicted octanol–water partition coefficient (Wildman–Crippen LogP) is 5.15. The number of para-hydroxylation sites is 1. The maximum atomic E-state index is 8.92. The van der Waals surface area contributed by atoms with Gasteiger partial charge in [-0.05, 0) is 69.3 Å². The molecule has 0 radical (unpaired) electrons. The van der Waals surface area contributed by atoms with Crippen molar-refractivity contribution in [2.45, 2.75) is 57.2 Å². The maximum Gasteiger partial charge on any atom is 0.227 e. The lowest BCUT2D eigenvalue weighted by atomic mass is 10.1. The monoisotopic (exact) mass is 440 g/mol. The Kier molecular flexibility index (Phi) is 6.45. The van der Waals surface area contributed by atoms with E-state index >= 15 is 0 Å². The van der Waals surface area contributed by atoms with Crippen LogP contribution in [0.2, 0.25) is 0 Å². The van der Waals surface area contributed by atoms with Crippen LogP contribution in [-0.4, -0.2) is 32.5 Å². The van der Waals surface area contributed by atoms with Crippen molar-refractivity contribution >= 4 is 11.6 Å². The molecule has 5 rings (SSSR count). The van der Waals surface area contributed by atoms with Gasteiger partial charge in [-0.2, -0.15) is 5.26 Å². The lowest BCUT2D eigenvalue weighted by molar-refractivity contribution is 0.198. The zero-order chi connectivity index (χ0) is 22.5. The third-order valence-corrected chi connectivity index (χ3v) is 6.46. The Hall–Kier alpha value is -3.50. The predicted molar refractivity (Wildman–Crippen MR) is 126 cm³/mol. The summed E-state index contributed by atoms with van der Waals surface area (Å²) in [4.78, 5) is 15.8. The van der Waals surface area contributed by atoms with E-state index in [-0.39, 0.29) is 6.04 Å². The van der Waals surface area contributed by atoms with Gasteiger partial charge in [-0.1, -0.05) is 18.2 Å². The first kappa shape index (κ1) is 21.4. The van der Waals surface area contributed by atoms with E-state index in [2.05, 4.69) is 44.5 Å². The highest BCUT2D eigenvalue weighted by Crippen LogP contribution is 2.35. The highest BCUT2D eigenvalue weighted by atomic mass is 16.5. The molecular formula is C26H28N6O. The molecule has 33 heavy (non-hydrogen) atoms. The van der Waals surface area contributed by atoms with Crippen molar-refractivity contribution < 1.29 is 4.74 Å². The molecule has 1 saturated carbocycles. The summed E-state index contributed by atoms with van der Waals surface area (Å²) in [7, 11) is 0. The number of likely N-dealkylation sites (tertiary alicyclic amines) is 1. The summed E-state index contributed by atoms with van der Waals surface area (Å²) in [6.45, 7) is 1.88. The standard InChI is InChI=1S/C26H28N6O/c27-16-20-11-12-21(17-29-20)30-26-28-14-13-23(31-26)24-9-5-15-32(24)18-19-6-1-4-10-25(19)33-22-7-2-3-8-22/h1,4,6,10-14,17,22,24H,2-3,5,7-9,15,18H2,(H,28,30,31)/t24-/m1/s1. The number of anilines is 2. The van der Waals surface area contributed by atoms with Crippen molar-refractivity contribution in [3.63, 3.8) is 0 Å². The number of rotatable bonds is 7. The Morgan fingerprint density at radius 2 is 1.91 bits per heavy atom. The fourth-order valence-electron chi connectivity index (χ4n) is 4.79. The number of nitriles is 1. The van der Waals surface area contributed by atoms with Crippen molar-refractivity contribution in [2.75, 3.05) is 11.9 Å². The first-order valence-corrected chi connectivity index (χ1v) is 11.7. The quantitative estimate of drug-likeness (QED) is 0.544. The smallest absolute Gasteiger partial charge is 0.227 e. The molecule has 1 aromatic carbocycles. The van der Waals surface area contributed by atoms with E-state index in [1.807, 2.05) is 18.2 Å². The number of ether oxygens (including phenoxy) is 1. The highest BCUT2D eigenvalue weighted by molar-refractivity contribution is 5.52. The molecule has 2 aromatic heterocycles. The van der Waals surface area contributed by atoms with Gasteiger partial charge in [-0.3, -0.25) is 4.90 Å². The van der Waals surface area contributed by atoms with Crippen LogP contribution < -0.4 is 10.1 Å². The number of benzene rings is 1. The van der Waals surface area contributed by atoms with E-state index in [1.54, 1.807) is 18.5 Å². The molecule has 2 aliphatic rings. The minimum Gasteiger partial charge on any atom is -0.490 e. The van der Waals surface area contributed by atoms with Crippen molar-refractivity contribution in [1.29, 1.82) is 5.26 Å². The van der Waals surface area contributed by atoms with Crippen molar-refractivity contribution in [3.8, 4) is 11.8 Å². The molecule has 1 atom stereocenters. The summed E-state index contributed by atoms with van der Waals surface area (Å²) in [5.74, 6) is 1.56. The molecule has 0 spiro atoms. The van der Waals surface area contributed by atoms with Crippen LogP contribution >= 0.6 is 0 Å². The molecule has 1 saturated heterocycles. The van der Waals surface area contributed by atoms with Gasteiger partial charge >= 0.3 is 0 Å². The average molecular weight is 441 g/mol. The highest BCUT2D eigenvalue weighted by Gasteiger charge is 2.28. The minimum absolute atomic E-state index is 0.243. The molecular weight excluding hydrogens is 412 g/mol. The maximum absolute atomic E-state index is 8.92. The Morgan fingerprint density at radius 3 is 2.73 bits per heavy atom. The molecule has 0 amide bonds. The normalized spacial score (nSPS) is 18.8. The summed E-state index contributed by atoms with van der Waals surface area (Å²) >= 11 is 0. The van der Waals surface area contributed by atoms with Gasteiger partial charge in [0.2, 0.25) is 5.95 Å². The first-order chi connectivity index (χ1) is 16.3. The lowest BCUT2D eigenvalue weighted by Crippen LogP contribution is -2.24. The van der Waals surface area contributed by atoms with Crippen LogP contribution in [0.15, 0.2) is 54.9 Å². The fraction of sp³-hybridized carbons (Fsp3) is 0.385. The second-order valence-corrected chi connectivity index (χ2v) is 8.73. The van der Waals surface area contributed by atoms with Gasteiger partial charge in [0, 0.05) is 18.3 Å². The van der Waals surface area contributed by atoms with Crippen LogP contribution in [0.4, 0.5) is 11.6 Å². The molecule has 2 fully saturated rings. The molecule has 7 heteroatoms. The largest absolute Gasteiger partial charge is 0.490 e. The van der Waals surface area contributed by atoms with Crippen LogP contribution in [0.3, 0.4) is 0 Å². The molecule has 1 aliphatic heterocycles. The van der Waals surface area contributed by atoms with Crippen LogP contribution in [0.5, 0.6) is 5.75 Å². The Labute approximate surface area is 194 Å². The molecule has 0 bridgehead atoms. The van der Waals surface area contributed by atoms with Crippen molar-refractivity contribution in [2.24, 2.45) is 0 Å². The minimum atomic E-state index is 0.243. The SMILES string of the molecule is N#Cc1ccc(Nc2nccc([C@H]3CCCN3Cc3ccccc3OC3CCCC3)n2)cn1. The third-order valence-electron chi connectivity index (χ3n) is 6.46. The Morgan fingerprint density at radius 1 is 1.03 bits per heavy atom. The Bertz CT molecular complexity index is 1120. The molecule has 1 aliphatic carbocycles. The van der Waals surface area contributed by atoms with Crippen LogP contribution in [0, 0.1) is 11.3 Å². The van der Waals surface area contributed by atoms with E-state index in [1.165, 1.54) is 18.4 Å². The number of nitrogens with zero attached hydrogens (tertiary/aromatic N) is 5. The van der Waals surface area contributed by atoms with Crippen LogP contribution in [0.1, 0.15) is 61.5 Å². The zero-order valence-corrected chi connectivity index (χ0v) is 18.7. The number of hydrogen-bond donors (Lipinski definition) is 1. The lowest BCUT2D eigenvalue weighted by Gasteiger charge is -2.26. The summed E-state index contributed by atoms with van der Waals surface area (Å²) in [6.07, 6.45) is 10.8. The van der Waals surface area contributed by atoms with Gasteiger partial charge in [-0.25, -0.2) is 15.0 Å². The van der Waals surface area contributed by atoms with E-state index in [4.69, 9.17) is 15.0 Å². The number of hydrogen-bond acceptors (Lipinski definition) is 7. The number of aromatic nitrogens is 3. The Balaban J connectivity index is 1.30. The zero-order valence-electron chi connectivity index (χ0n) is 18.7. The van der Waals surface area contributed by atoms with Gasteiger partial charge in [0.25, 0.3) is 0 Å². The second-order valence-electron chi connectivity index (χ2n) is 8.73. The van der Waals surface area contributed by atoms with Gasteiger partial charge in [0.05, 0.1) is 29.7 Å². The van der Waals surface area contributed by atoms with Gasteiger partial charge in [-0.15, -0.1) is 0 Å². The van der Waals surface area contributed by atoms with Crippen LogP contribution in [0.25, 0.3) is 0 Å². The van der Waals surface area contributed by atoms with Gasteiger partial charge < -0.3 is 10.1 Å². The van der Waals surface area contributed by atoms with Gasteiger partial charge in [0.15, 0.2) is 0 Å². The number of nitrogens with one attached hydrogen (secondary N) is 1. The molecule has 7 nitrogen and oxygen atoms in total.